The molecule has 3 heterocycles. The monoisotopic (exact) mass is 617 g/mol. The van der Waals surface area contributed by atoms with E-state index in [1.807, 2.05) is 6.92 Å². The Morgan fingerprint density at radius 1 is 0.933 bits per heavy atom. The molecule has 3 aliphatic heterocycles. The summed E-state index contributed by atoms with van der Waals surface area (Å²) in [6.45, 7) is 11.3. The number of allylic oxidation sites excluding steroid dienone is 1. The van der Waals surface area contributed by atoms with Crippen LogP contribution in [0.5, 0.6) is 0 Å². The first kappa shape index (κ1) is 32.4. The quantitative estimate of drug-likeness (QED) is 0.237. The minimum absolute atomic E-state index is 0.0451. The van der Waals surface area contributed by atoms with Gasteiger partial charge in [0.1, 0.15) is 5.78 Å². The van der Waals surface area contributed by atoms with Crippen LogP contribution in [0.2, 0.25) is 0 Å². The second-order valence-corrected chi connectivity index (χ2v) is 14.5. The molecule has 0 bridgehead atoms. The van der Waals surface area contributed by atoms with E-state index in [0.29, 0.717) is 37.0 Å². The lowest BCUT2D eigenvalue weighted by molar-refractivity contribution is -0.121. The van der Waals surface area contributed by atoms with E-state index in [9.17, 15) is 14.4 Å². The van der Waals surface area contributed by atoms with Gasteiger partial charge in [-0.25, -0.2) is 0 Å². The van der Waals surface area contributed by atoms with Gasteiger partial charge in [0.05, 0.1) is 29.5 Å². The minimum atomic E-state index is -0.586. The third-order valence-electron chi connectivity index (χ3n) is 11.6. The zero-order chi connectivity index (χ0) is 31.5. The fraction of sp³-hybridized carbons (Fsp3) is 0.711. The van der Waals surface area contributed by atoms with Crippen LogP contribution in [0.4, 0.5) is 5.69 Å². The zero-order valence-corrected chi connectivity index (χ0v) is 28.0. The van der Waals surface area contributed by atoms with E-state index < -0.39 is 6.04 Å². The van der Waals surface area contributed by atoms with Crippen molar-refractivity contribution in [2.75, 3.05) is 37.6 Å². The van der Waals surface area contributed by atoms with Crippen molar-refractivity contribution in [2.45, 2.75) is 129 Å². The van der Waals surface area contributed by atoms with Gasteiger partial charge in [-0.2, -0.15) is 0 Å². The first-order valence-electron chi connectivity index (χ1n) is 18.2. The van der Waals surface area contributed by atoms with E-state index in [1.54, 1.807) is 11.8 Å². The maximum atomic E-state index is 14.0. The maximum Gasteiger partial charge on any atom is 0.259 e. The fourth-order valence-electron chi connectivity index (χ4n) is 8.22. The van der Waals surface area contributed by atoms with Crippen LogP contribution in [0.1, 0.15) is 127 Å². The molecule has 1 unspecified atom stereocenters. The molecule has 0 N–H and O–H groups in total. The number of fused-ring (bicyclic) bond motifs is 1. The highest BCUT2D eigenvalue weighted by molar-refractivity contribution is 6.12. The van der Waals surface area contributed by atoms with Crippen LogP contribution in [0.15, 0.2) is 23.8 Å². The number of amides is 1. The van der Waals surface area contributed by atoms with Gasteiger partial charge in [0.15, 0.2) is 5.78 Å². The van der Waals surface area contributed by atoms with E-state index in [-0.39, 0.29) is 17.5 Å². The summed E-state index contributed by atoms with van der Waals surface area (Å²) < 4.78 is 6.38. The van der Waals surface area contributed by atoms with Gasteiger partial charge in [0, 0.05) is 50.3 Å². The minimum Gasteiger partial charge on any atom is -0.375 e. The number of hydrogen-bond acceptors (Lipinski definition) is 6. The maximum absolute atomic E-state index is 14.0. The Balaban J connectivity index is 1.02. The number of ketones is 2. The highest BCUT2D eigenvalue weighted by Gasteiger charge is 2.41. The van der Waals surface area contributed by atoms with Crippen LogP contribution in [0, 0.1) is 11.8 Å². The number of hydrogen-bond donors (Lipinski definition) is 0. The van der Waals surface area contributed by atoms with Gasteiger partial charge in [-0.3, -0.25) is 19.3 Å². The van der Waals surface area contributed by atoms with Gasteiger partial charge in [-0.1, -0.05) is 26.3 Å². The van der Waals surface area contributed by atoms with Crippen molar-refractivity contribution in [1.29, 1.82) is 0 Å². The van der Waals surface area contributed by atoms with Crippen molar-refractivity contribution in [3.63, 3.8) is 0 Å². The normalized spacial score (nSPS) is 25.3. The number of rotatable bonds is 13. The molecule has 1 aromatic carbocycles. The molecule has 1 atom stereocenters. The lowest BCUT2D eigenvalue weighted by atomic mass is 9.80. The summed E-state index contributed by atoms with van der Waals surface area (Å²) in [4.78, 5) is 45.8. The summed E-state index contributed by atoms with van der Waals surface area (Å²) in [6.07, 6.45) is 15.1. The number of ether oxygens (including phenoxy) is 1. The molecular weight excluding hydrogens is 562 g/mol. The molecule has 2 saturated heterocycles. The molecule has 4 fully saturated rings. The Morgan fingerprint density at radius 2 is 1.67 bits per heavy atom. The topological polar surface area (TPSA) is 70.2 Å². The Morgan fingerprint density at radius 3 is 2.29 bits per heavy atom. The number of carbonyl (C=O) groups excluding carboxylic acids is 3. The Labute approximate surface area is 270 Å². The van der Waals surface area contributed by atoms with Crippen LogP contribution >= 0.6 is 0 Å². The molecule has 1 amide bonds. The number of likely N-dealkylation sites (tertiary alicyclic amines) is 1. The van der Waals surface area contributed by atoms with Crippen molar-refractivity contribution < 1.29 is 19.1 Å². The summed E-state index contributed by atoms with van der Waals surface area (Å²) in [5.41, 5.74) is 5.00. The number of carbonyl (C=O) groups is 3. The molecule has 0 aromatic heterocycles. The number of piperidine rings is 2. The first-order valence-corrected chi connectivity index (χ1v) is 18.2. The standard InChI is InChI=1S/C38H55N3O4/c1-4-27-23-33(24-27)45-32-16-19-39(20-17-32)18-13-28-14-21-40(22-15-28)30-9-11-34-35(25-30)38(44)41(37(34)29-7-6-8-29)36(26(3)42)12-10-31(43)5-2/h9,11,25,27-28,32-33,36H,4-8,10,12-24H2,1-3H3. The lowest BCUT2D eigenvalue weighted by Crippen LogP contribution is -2.42. The van der Waals surface area contributed by atoms with Gasteiger partial charge in [0.25, 0.3) is 5.91 Å². The Bertz CT molecular complexity index is 1260. The molecule has 2 aliphatic carbocycles. The number of benzene rings is 1. The van der Waals surface area contributed by atoms with Gasteiger partial charge < -0.3 is 14.5 Å². The molecular formula is C38H55N3O4. The van der Waals surface area contributed by atoms with Crippen molar-refractivity contribution in [3.05, 3.63) is 34.9 Å². The summed E-state index contributed by atoms with van der Waals surface area (Å²) in [7, 11) is 0. The van der Waals surface area contributed by atoms with Gasteiger partial charge >= 0.3 is 0 Å². The summed E-state index contributed by atoms with van der Waals surface area (Å²) in [5.74, 6) is 1.67. The molecule has 0 radical (unpaired) electrons. The van der Waals surface area contributed by atoms with Crippen LogP contribution in [0.25, 0.3) is 5.70 Å². The molecule has 45 heavy (non-hydrogen) atoms. The van der Waals surface area contributed by atoms with Gasteiger partial charge in [0.2, 0.25) is 0 Å². The van der Waals surface area contributed by atoms with Crippen molar-refractivity contribution in [1.82, 2.24) is 9.80 Å². The SMILES string of the molecule is CCC(=O)CCC(C(C)=O)N1C(=O)c2cc(N3CCC(CCN4CCC(OC5CC(CC)C5)CC4)CC3)ccc2C1=C1CCC1. The summed E-state index contributed by atoms with van der Waals surface area (Å²) in [6, 6.07) is 5.78. The van der Waals surface area contributed by atoms with Crippen molar-refractivity contribution >= 4 is 28.9 Å². The van der Waals surface area contributed by atoms with E-state index in [2.05, 4.69) is 34.9 Å². The average Bonchev–Trinajstić information content (AvgIpc) is 3.28. The predicted molar refractivity (Wildman–Crippen MR) is 179 cm³/mol. The number of nitrogens with zero attached hydrogens (tertiary/aromatic N) is 3. The van der Waals surface area contributed by atoms with E-state index in [0.717, 1.165) is 61.1 Å². The highest BCUT2D eigenvalue weighted by atomic mass is 16.5. The Hall–Kier alpha value is -2.51. The second kappa shape index (κ2) is 14.5. The molecule has 246 valence electrons. The van der Waals surface area contributed by atoms with Crippen LogP contribution < -0.4 is 4.90 Å². The number of Topliss-reactive ketones (excluding diaryl/α,β-unsaturated/α-hetero) is 2. The smallest absolute Gasteiger partial charge is 0.259 e. The van der Waals surface area contributed by atoms with E-state index >= 15 is 0 Å². The fourth-order valence-corrected chi connectivity index (χ4v) is 8.22. The molecule has 7 nitrogen and oxygen atoms in total. The van der Waals surface area contributed by atoms with Crippen LogP contribution in [-0.2, 0) is 14.3 Å². The third-order valence-corrected chi connectivity index (χ3v) is 11.6. The van der Waals surface area contributed by atoms with Crippen molar-refractivity contribution in [2.24, 2.45) is 11.8 Å². The zero-order valence-electron chi connectivity index (χ0n) is 28.0. The van der Waals surface area contributed by atoms with Gasteiger partial charge in [-0.15, -0.1) is 0 Å². The average molecular weight is 618 g/mol. The van der Waals surface area contributed by atoms with Crippen LogP contribution in [0.3, 0.4) is 0 Å². The predicted octanol–water partition coefficient (Wildman–Crippen LogP) is 7.03. The largest absolute Gasteiger partial charge is 0.375 e. The van der Waals surface area contributed by atoms with Crippen molar-refractivity contribution in [3.8, 4) is 0 Å². The molecule has 0 spiro atoms. The first-order chi connectivity index (χ1) is 21.8. The van der Waals surface area contributed by atoms with E-state index in [1.165, 1.54) is 76.6 Å². The molecule has 6 rings (SSSR count). The molecule has 2 saturated carbocycles. The molecule has 1 aromatic rings. The Kier molecular flexibility index (Phi) is 10.5. The summed E-state index contributed by atoms with van der Waals surface area (Å²) >= 11 is 0. The molecule has 7 heteroatoms. The second-order valence-electron chi connectivity index (χ2n) is 14.5. The lowest BCUT2D eigenvalue weighted by Gasteiger charge is -2.40. The third kappa shape index (κ3) is 7.25. The highest BCUT2D eigenvalue weighted by Crippen LogP contribution is 2.44. The van der Waals surface area contributed by atoms with Gasteiger partial charge in [-0.05, 0) is 114 Å². The van der Waals surface area contributed by atoms with Crippen LogP contribution in [-0.4, -0.2) is 78.2 Å². The number of anilines is 1. The summed E-state index contributed by atoms with van der Waals surface area (Å²) in [5, 5.41) is 0. The molecule has 5 aliphatic rings. The van der Waals surface area contributed by atoms with E-state index in [4.69, 9.17) is 4.74 Å².